The molecule has 1 aliphatic heterocycles. The first-order valence-electron chi connectivity index (χ1n) is 8.29. The predicted octanol–water partition coefficient (Wildman–Crippen LogP) is 2.50. The fourth-order valence-corrected chi connectivity index (χ4v) is 3.19. The summed E-state index contributed by atoms with van der Waals surface area (Å²) in [4.78, 5) is 25.9. The summed E-state index contributed by atoms with van der Waals surface area (Å²) in [6.45, 7) is 6.25. The molecule has 1 atom stereocenters. The van der Waals surface area contributed by atoms with Crippen LogP contribution in [0, 0.1) is 11.8 Å². The first-order chi connectivity index (χ1) is 10.1. The van der Waals surface area contributed by atoms with Gasteiger partial charge in [-0.2, -0.15) is 0 Å². The van der Waals surface area contributed by atoms with Crippen LogP contribution in [-0.2, 0) is 9.59 Å². The topological polar surface area (TPSA) is 49.4 Å². The van der Waals surface area contributed by atoms with Crippen LogP contribution in [0.4, 0.5) is 0 Å². The lowest BCUT2D eigenvalue weighted by Gasteiger charge is -2.19. The number of carbonyl (C=O) groups is 2. The number of rotatable bonds is 6. The van der Waals surface area contributed by atoms with Crippen LogP contribution in [-0.4, -0.2) is 36.3 Å². The van der Waals surface area contributed by atoms with Gasteiger partial charge in [-0.25, -0.2) is 0 Å². The minimum Gasteiger partial charge on any atom is -0.355 e. The molecule has 0 bridgehead atoms. The van der Waals surface area contributed by atoms with Crippen molar-refractivity contribution in [3.8, 4) is 0 Å². The summed E-state index contributed by atoms with van der Waals surface area (Å²) in [5, 5.41) is 3.01. The molecule has 1 heterocycles. The Hall–Kier alpha value is -1.32. The molecule has 0 aromatic rings. The second-order valence-electron chi connectivity index (χ2n) is 6.74. The molecule has 0 spiro atoms. The van der Waals surface area contributed by atoms with Gasteiger partial charge >= 0.3 is 0 Å². The van der Waals surface area contributed by atoms with Crippen LogP contribution in [0.3, 0.4) is 0 Å². The van der Waals surface area contributed by atoms with Crippen molar-refractivity contribution in [2.75, 3.05) is 19.6 Å². The van der Waals surface area contributed by atoms with E-state index in [1.54, 1.807) is 0 Å². The van der Waals surface area contributed by atoms with Gasteiger partial charge in [0.2, 0.25) is 11.8 Å². The van der Waals surface area contributed by atoms with Crippen molar-refractivity contribution in [1.82, 2.24) is 10.2 Å². The quantitative estimate of drug-likeness (QED) is 0.765. The van der Waals surface area contributed by atoms with E-state index in [4.69, 9.17) is 0 Å². The Bertz CT molecular complexity index is 415. The minimum absolute atomic E-state index is 0.0472. The molecule has 4 heteroatoms. The maximum absolute atomic E-state index is 12.2. The van der Waals surface area contributed by atoms with Crippen LogP contribution in [0.1, 0.15) is 52.4 Å². The van der Waals surface area contributed by atoms with E-state index < -0.39 is 0 Å². The van der Waals surface area contributed by atoms with Crippen molar-refractivity contribution in [1.29, 1.82) is 0 Å². The second kappa shape index (κ2) is 7.62. The molecule has 2 aliphatic rings. The SMILES string of the molecule is CC(C)CN1C[C@@H](C(=O)NCCC2=CCCCC2)CC1=O. The van der Waals surface area contributed by atoms with E-state index in [9.17, 15) is 9.59 Å². The number of likely N-dealkylation sites (tertiary alicyclic amines) is 1. The zero-order valence-electron chi connectivity index (χ0n) is 13.4. The van der Waals surface area contributed by atoms with Gasteiger partial charge in [-0.1, -0.05) is 25.5 Å². The molecule has 0 aromatic carbocycles. The average Bonchev–Trinajstić information content (AvgIpc) is 2.80. The summed E-state index contributed by atoms with van der Waals surface area (Å²) < 4.78 is 0. The van der Waals surface area contributed by atoms with Crippen molar-refractivity contribution >= 4 is 11.8 Å². The van der Waals surface area contributed by atoms with Gasteiger partial charge in [0, 0.05) is 26.1 Å². The third kappa shape index (κ3) is 4.87. The number of nitrogens with zero attached hydrogens (tertiary/aromatic N) is 1. The zero-order valence-corrected chi connectivity index (χ0v) is 13.4. The number of hydrogen-bond acceptors (Lipinski definition) is 2. The van der Waals surface area contributed by atoms with Crippen LogP contribution in [0.25, 0.3) is 0 Å². The summed E-state index contributed by atoms with van der Waals surface area (Å²) >= 11 is 0. The van der Waals surface area contributed by atoms with Crippen molar-refractivity contribution < 1.29 is 9.59 Å². The highest BCUT2D eigenvalue weighted by molar-refractivity contribution is 5.89. The number of nitrogens with one attached hydrogen (secondary N) is 1. The maximum atomic E-state index is 12.2. The minimum atomic E-state index is -0.156. The number of amides is 2. The third-order valence-electron chi connectivity index (χ3n) is 4.30. The normalized spacial score (nSPS) is 22.6. The first kappa shape index (κ1) is 16.1. The van der Waals surface area contributed by atoms with Gasteiger partial charge in [-0.3, -0.25) is 9.59 Å². The van der Waals surface area contributed by atoms with Crippen LogP contribution >= 0.6 is 0 Å². The Kier molecular flexibility index (Phi) is 5.83. The smallest absolute Gasteiger partial charge is 0.225 e. The fourth-order valence-electron chi connectivity index (χ4n) is 3.19. The van der Waals surface area contributed by atoms with Crippen LogP contribution < -0.4 is 5.32 Å². The molecule has 0 radical (unpaired) electrons. The lowest BCUT2D eigenvalue weighted by atomic mass is 9.97. The predicted molar refractivity (Wildman–Crippen MR) is 83.7 cm³/mol. The average molecular weight is 292 g/mol. The van der Waals surface area contributed by atoms with Crippen LogP contribution in [0.15, 0.2) is 11.6 Å². The van der Waals surface area contributed by atoms with Gasteiger partial charge in [0.25, 0.3) is 0 Å². The highest BCUT2D eigenvalue weighted by atomic mass is 16.2. The Morgan fingerprint density at radius 2 is 2.24 bits per heavy atom. The Morgan fingerprint density at radius 3 is 2.90 bits per heavy atom. The van der Waals surface area contributed by atoms with E-state index in [0.29, 0.717) is 25.4 Å². The first-order valence-corrected chi connectivity index (χ1v) is 8.29. The summed E-state index contributed by atoms with van der Waals surface area (Å²) in [7, 11) is 0. The number of carbonyl (C=O) groups excluding carboxylic acids is 2. The largest absolute Gasteiger partial charge is 0.355 e. The molecular weight excluding hydrogens is 264 g/mol. The van der Waals surface area contributed by atoms with Gasteiger partial charge in [0.05, 0.1) is 5.92 Å². The molecule has 2 amide bonds. The highest BCUT2D eigenvalue weighted by Crippen LogP contribution is 2.21. The Morgan fingerprint density at radius 1 is 1.43 bits per heavy atom. The monoisotopic (exact) mass is 292 g/mol. The van der Waals surface area contributed by atoms with E-state index >= 15 is 0 Å². The van der Waals surface area contributed by atoms with E-state index in [2.05, 4.69) is 25.2 Å². The molecule has 0 aromatic heterocycles. The Balaban J connectivity index is 1.71. The summed E-state index contributed by atoms with van der Waals surface area (Å²) in [5.74, 6) is 0.468. The van der Waals surface area contributed by atoms with Crippen molar-refractivity contribution in [3.05, 3.63) is 11.6 Å². The van der Waals surface area contributed by atoms with Gasteiger partial charge < -0.3 is 10.2 Å². The molecule has 21 heavy (non-hydrogen) atoms. The highest BCUT2D eigenvalue weighted by Gasteiger charge is 2.34. The summed E-state index contributed by atoms with van der Waals surface area (Å²) in [5.41, 5.74) is 1.48. The summed E-state index contributed by atoms with van der Waals surface area (Å²) in [6, 6.07) is 0. The van der Waals surface area contributed by atoms with Gasteiger partial charge in [-0.15, -0.1) is 0 Å². The molecule has 118 valence electrons. The van der Waals surface area contributed by atoms with E-state index in [1.807, 2.05) is 4.90 Å². The summed E-state index contributed by atoms with van der Waals surface area (Å²) in [6.07, 6.45) is 8.60. The molecule has 0 unspecified atom stereocenters. The molecule has 2 rings (SSSR count). The molecule has 1 saturated heterocycles. The lowest BCUT2D eigenvalue weighted by molar-refractivity contribution is -0.129. The molecule has 1 N–H and O–H groups in total. The van der Waals surface area contributed by atoms with Crippen molar-refractivity contribution in [3.63, 3.8) is 0 Å². The lowest BCUT2D eigenvalue weighted by Crippen LogP contribution is -2.34. The van der Waals surface area contributed by atoms with E-state index in [-0.39, 0.29) is 17.7 Å². The standard InChI is InChI=1S/C17H28N2O2/c1-13(2)11-19-12-15(10-16(19)20)17(21)18-9-8-14-6-4-3-5-7-14/h6,13,15H,3-5,7-12H2,1-2H3,(H,18,21)/t15-/m0/s1. The van der Waals surface area contributed by atoms with Crippen molar-refractivity contribution in [2.45, 2.75) is 52.4 Å². The molecule has 4 nitrogen and oxygen atoms in total. The second-order valence-corrected chi connectivity index (χ2v) is 6.74. The number of allylic oxidation sites excluding steroid dienone is 1. The molecular formula is C17H28N2O2. The van der Waals surface area contributed by atoms with Gasteiger partial charge in [0.1, 0.15) is 0 Å². The van der Waals surface area contributed by atoms with Crippen LogP contribution in [0.2, 0.25) is 0 Å². The van der Waals surface area contributed by atoms with E-state index in [0.717, 1.165) is 13.0 Å². The number of hydrogen-bond donors (Lipinski definition) is 1. The third-order valence-corrected chi connectivity index (χ3v) is 4.30. The van der Waals surface area contributed by atoms with Crippen LogP contribution in [0.5, 0.6) is 0 Å². The Labute approximate surface area is 128 Å². The zero-order chi connectivity index (χ0) is 15.2. The molecule has 1 aliphatic carbocycles. The maximum Gasteiger partial charge on any atom is 0.225 e. The van der Waals surface area contributed by atoms with Gasteiger partial charge in [-0.05, 0) is 38.0 Å². The molecule has 0 saturated carbocycles. The fraction of sp³-hybridized carbons (Fsp3) is 0.765. The van der Waals surface area contributed by atoms with Gasteiger partial charge in [0.15, 0.2) is 0 Å². The van der Waals surface area contributed by atoms with E-state index in [1.165, 1.54) is 31.3 Å². The van der Waals surface area contributed by atoms with Crippen molar-refractivity contribution in [2.24, 2.45) is 11.8 Å². The molecule has 1 fully saturated rings.